The van der Waals surface area contributed by atoms with Crippen LogP contribution in [0.4, 0.5) is 0 Å². The van der Waals surface area contributed by atoms with Gasteiger partial charge in [-0.15, -0.1) is 0 Å². The third-order valence-corrected chi connectivity index (χ3v) is 18.1. The monoisotopic (exact) mass is 818 g/mol. The Morgan fingerprint density at radius 3 is 0.700 bits per heavy atom. The maximum absolute atomic E-state index is 15.0. The molecule has 4 heterocycles. The Morgan fingerprint density at radius 2 is 0.467 bits per heavy atom. The topological polar surface area (TPSA) is 88.0 Å². The zero-order chi connectivity index (χ0) is 40.5. The van der Waals surface area contributed by atoms with Crippen LogP contribution in [0.1, 0.15) is 45.4 Å². The molecule has 0 saturated heterocycles. The van der Waals surface area contributed by atoms with Gasteiger partial charge in [0.25, 0.3) is 22.2 Å². The molecular formula is C50H36N4O4P2. The van der Waals surface area contributed by atoms with Crippen LogP contribution in [-0.4, -0.2) is 18.7 Å². The van der Waals surface area contributed by atoms with Crippen molar-refractivity contribution in [3.05, 3.63) is 258 Å². The molecule has 10 heteroatoms. The van der Waals surface area contributed by atoms with Crippen molar-refractivity contribution in [2.24, 2.45) is 0 Å². The van der Waals surface area contributed by atoms with Gasteiger partial charge in [-0.25, -0.2) is 18.7 Å². The fourth-order valence-corrected chi connectivity index (χ4v) is 16.6. The Hall–Kier alpha value is -6.72. The predicted octanol–water partition coefficient (Wildman–Crippen LogP) is 8.47. The molecule has 2 aliphatic heterocycles. The first-order valence-electron chi connectivity index (χ1n) is 19.9. The summed E-state index contributed by atoms with van der Waals surface area (Å²) in [4.78, 5) is 60.0. The Bertz CT molecular complexity index is 2930. The summed E-state index contributed by atoms with van der Waals surface area (Å²) < 4.78 is 6.90. The number of nitrogens with zero attached hydrogens (tertiary/aromatic N) is 4. The quantitative estimate of drug-likeness (QED) is 0.158. The van der Waals surface area contributed by atoms with Crippen LogP contribution in [0.25, 0.3) is 21.5 Å². The second-order valence-electron chi connectivity index (χ2n) is 15.1. The maximum atomic E-state index is 15.0. The molecule has 0 amide bonds. The summed E-state index contributed by atoms with van der Waals surface area (Å²) in [7, 11) is -3.02. The van der Waals surface area contributed by atoms with Crippen LogP contribution in [0.3, 0.4) is 0 Å². The molecule has 0 spiro atoms. The van der Waals surface area contributed by atoms with E-state index in [2.05, 4.69) is 12.1 Å². The maximum Gasteiger partial charge on any atom is 0.274 e. The van der Waals surface area contributed by atoms with E-state index in [1.165, 1.54) is 0 Å². The van der Waals surface area contributed by atoms with Crippen molar-refractivity contribution < 1.29 is 0 Å². The Balaban J connectivity index is 1.26. The summed E-state index contributed by atoms with van der Waals surface area (Å²) in [6, 6.07) is 62.7. The molecule has 60 heavy (non-hydrogen) atoms. The molecule has 9 aromatic rings. The molecule has 0 N–H and O–H groups in total. The standard InChI is InChI=1S/C50H36N4O4P2/c55-43-37-27-13-14-28-38(37)44(56)52-48(34-21-7-2-8-22-34)59(47(51(43)52)33-19-5-1-6-20-33)41-31-17-18-32-42(41)60-49(35-23-9-3-10-24-35)53-45(57)39-29-15-16-30-40(39)46(58)54(53)50(60)36-25-11-4-12-26-36/h1-32,47-50H/t47-,48?,49-,50?,59?,60?/m0/s1. The zero-order valence-electron chi connectivity index (χ0n) is 32.1. The minimum Gasteiger partial charge on any atom is -0.267 e. The molecule has 0 aliphatic carbocycles. The molecule has 11 rings (SSSR count). The molecular weight excluding hydrogens is 783 g/mol. The van der Waals surface area contributed by atoms with E-state index in [0.29, 0.717) is 21.5 Å². The van der Waals surface area contributed by atoms with E-state index < -0.39 is 39.0 Å². The predicted molar refractivity (Wildman–Crippen MR) is 243 cm³/mol. The summed E-state index contributed by atoms with van der Waals surface area (Å²) >= 11 is 0. The first-order valence-corrected chi connectivity index (χ1v) is 22.9. The minimum atomic E-state index is -1.51. The van der Waals surface area contributed by atoms with Crippen molar-refractivity contribution in [1.29, 1.82) is 0 Å². The number of fused-ring (bicyclic) bond motifs is 4. The summed E-state index contributed by atoms with van der Waals surface area (Å²) in [6.45, 7) is 0. The summed E-state index contributed by atoms with van der Waals surface area (Å²) in [5, 5.41) is 3.55. The van der Waals surface area contributed by atoms with Gasteiger partial charge < -0.3 is 0 Å². The van der Waals surface area contributed by atoms with Gasteiger partial charge in [0, 0.05) is 0 Å². The lowest BCUT2D eigenvalue weighted by molar-refractivity contribution is 0.494. The van der Waals surface area contributed by atoms with Gasteiger partial charge in [-0.2, -0.15) is 0 Å². The lowest BCUT2D eigenvalue weighted by atomic mass is 10.2. The van der Waals surface area contributed by atoms with Crippen molar-refractivity contribution >= 4 is 48.0 Å². The van der Waals surface area contributed by atoms with Crippen molar-refractivity contribution in [2.45, 2.75) is 23.1 Å². The van der Waals surface area contributed by atoms with Crippen LogP contribution < -0.4 is 32.8 Å². The van der Waals surface area contributed by atoms with E-state index in [4.69, 9.17) is 0 Å². The van der Waals surface area contributed by atoms with Crippen LogP contribution in [0.5, 0.6) is 0 Å². The Kier molecular flexibility index (Phi) is 8.81. The number of rotatable bonds is 6. The van der Waals surface area contributed by atoms with Gasteiger partial charge in [0.2, 0.25) is 0 Å². The number of aromatic nitrogens is 4. The van der Waals surface area contributed by atoms with E-state index in [1.54, 1.807) is 67.3 Å². The molecule has 4 unspecified atom stereocenters. The van der Waals surface area contributed by atoms with Crippen LogP contribution in [0.15, 0.2) is 213 Å². The average molecular weight is 819 g/mol. The van der Waals surface area contributed by atoms with E-state index in [1.807, 2.05) is 133 Å². The average Bonchev–Trinajstić information content (AvgIpc) is 3.87. The first kappa shape index (κ1) is 36.4. The van der Waals surface area contributed by atoms with Gasteiger partial charge in [-0.3, -0.25) is 19.2 Å². The fraction of sp³-hybridized carbons (Fsp3) is 0.0800. The van der Waals surface area contributed by atoms with E-state index in [0.717, 1.165) is 32.9 Å². The lowest BCUT2D eigenvalue weighted by Crippen LogP contribution is -2.37. The molecule has 8 nitrogen and oxygen atoms in total. The van der Waals surface area contributed by atoms with Crippen LogP contribution in [0, 0.1) is 0 Å². The molecule has 2 aliphatic rings. The third-order valence-electron chi connectivity index (χ3n) is 11.9. The molecule has 0 saturated carbocycles. The van der Waals surface area contributed by atoms with E-state index in [9.17, 15) is 0 Å². The van der Waals surface area contributed by atoms with E-state index in [-0.39, 0.29) is 22.2 Å². The molecule has 7 aromatic carbocycles. The largest absolute Gasteiger partial charge is 0.274 e. The zero-order valence-corrected chi connectivity index (χ0v) is 33.9. The van der Waals surface area contributed by atoms with Gasteiger partial charge in [-0.05, 0) is 73.0 Å². The smallest absolute Gasteiger partial charge is 0.267 e. The fourth-order valence-electron chi connectivity index (χ4n) is 9.39. The lowest BCUT2D eigenvalue weighted by Gasteiger charge is -2.32. The molecule has 2 aromatic heterocycles. The number of benzene rings is 7. The Labute approximate surface area is 346 Å². The van der Waals surface area contributed by atoms with Crippen LogP contribution in [0.2, 0.25) is 0 Å². The number of hydrogen-bond donors (Lipinski definition) is 0. The van der Waals surface area contributed by atoms with Crippen molar-refractivity contribution in [3.8, 4) is 0 Å². The Morgan fingerprint density at radius 1 is 0.267 bits per heavy atom. The SMILES string of the molecule is O=c1c2ccccc2c(=O)n2n1C(c1ccccc1)P(c1ccccc1P1C(c3ccccc3)n3c(=O)c4ccccc4c(=O)n3[C@@H]1c1ccccc1)[C@H]2c1ccccc1. The highest BCUT2D eigenvalue weighted by Gasteiger charge is 2.50. The van der Waals surface area contributed by atoms with Gasteiger partial charge in [0.1, 0.15) is 23.1 Å². The normalized spacial score (nSPS) is 20.6. The third kappa shape index (κ3) is 5.45. The highest BCUT2D eigenvalue weighted by Crippen LogP contribution is 2.69. The van der Waals surface area contributed by atoms with Crippen molar-refractivity contribution in [3.63, 3.8) is 0 Å². The van der Waals surface area contributed by atoms with Crippen molar-refractivity contribution in [1.82, 2.24) is 18.7 Å². The molecule has 6 atom stereocenters. The molecule has 0 radical (unpaired) electrons. The van der Waals surface area contributed by atoms with Gasteiger partial charge >= 0.3 is 0 Å². The van der Waals surface area contributed by atoms with Gasteiger partial charge in [-0.1, -0.05) is 170 Å². The highest BCUT2D eigenvalue weighted by molar-refractivity contribution is 7.72. The highest BCUT2D eigenvalue weighted by atomic mass is 31.1. The summed E-state index contributed by atoms with van der Waals surface area (Å²) in [5.74, 6) is -2.13. The molecule has 290 valence electrons. The van der Waals surface area contributed by atoms with Crippen molar-refractivity contribution in [2.75, 3.05) is 0 Å². The number of hydrogen-bond acceptors (Lipinski definition) is 4. The molecule has 0 bridgehead atoms. The van der Waals surface area contributed by atoms with E-state index >= 15 is 19.2 Å². The van der Waals surface area contributed by atoms with Gasteiger partial charge in [0.05, 0.1) is 21.5 Å². The summed E-state index contributed by atoms with van der Waals surface area (Å²) in [5.41, 5.74) is 2.77. The van der Waals surface area contributed by atoms with Crippen LogP contribution >= 0.6 is 15.8 Å². The first-order chi connectivity index (χ1) is 29.5. The van der Waals surface area contributed by atoms with Crippen LogP contribution in [-0.2, 0) is 0 Å². The summed E-state index contributed by atoms with van der Waals surface area (Å²) in [6.07, 6.45) is 0. The second-order valence-corrected chi connectivity index (χ2v) is 19.7. The molecule has 0 fully saturated rings. The minimum absolute atomic E-state index is 0.226. The second kappa shape index (κ2) is 14.5. The van der Waals surface area contributed by atoms with Gasteiger partial charge in [0.15, 0.2) is 0 Å².